The molecule has 0 rings (SSSR count). The van der Waals surface area contributed by atoms with Crippen molar-refractivity contribution in [3.8, 4) is 0 Å². The van der Waals surface area contributed by atoms with Crippen LogP contribution in [0.3, 0.4) is 0 Å². The first-order chi connectivity index (χ1) is 8.41. The third kappa shape index (κ3) is 15.8. The van der Waals surface area contributed by atoms with Gasteiger partial charge in [-0.3, -0.25) is 0 Å². The molecule has 0 aliphatic heterocycles. The molecule has 0 aromatic carbocycles. The molecule has 2 N–H and O–H groups in total. The number of rotatable bonds is 14. The van der Waals surface area contributed by atoms with Crippen molar-refractivity contribution in [1.29, 1.82) is 0 Å². The molecule has 6 heteroatoms. The number of aliphatic hydroxyl groups is 1. The molecule has 0 amide bonds. The van der Waals surface area contributed by atoms with Crippen LogP contribution in [0.25, 0.3) is 0 Å². The fourth-order valence-corrected chi connectivity index (χ4v) is 1.58. The summed E-state index contributed by atoms with van der Waals surface area (Å²) >= 11 is 0. The monoisotopic (exact) mass is 252 g/mol. The van der Waals surface area contributed by atoms with E-state index in [9.17, 15) is 0 Å². The van der Waals surface area contributed by atoms with E-state index in [0.29, 0.717) is 13.2 Å². The maximum absolute atomic E-state index is 8.59. The van der Waals surface area contributed by atoms with Crippen LogP contribution in [0.2, 0.25) is 0 Å². The minimum atomic E-state index is 0.313. The van der Waals surface area contributed by atoms with Crippen LogP contribution < -0.4 is 0 Å². The standard InChI is InChI=1S/C11H24O6/c12-10-8-6-4-2-1-3-5-7-9-11-14-16-17-15-13/h12-13H,1-11H2. The molecule has 0 atom stereocenters. The summed E-state index contributed by atoms with van der Waals surface area (Å²) in [5.41, 5.74) is 0. The van der Waals surface area contributed by atoms with Gasteiger partial charge in [-0.25, -0.2) is 10.1 Å². The predicted octanol–water partition coefficient (Wildman–Crippen LogP) is 2.77. The molecule has 17 heavy (non-hydrogen) atoms. The van der Waals surface area contributed by atoms with Gasteiger partial charge in [0.2, 0.25) is 0 Å². The van der Waals surface area contributed by atoms with E-state index >= 15 is 0 Å². The molecule has 6 nitrogen and oxygen atoms in total. The molecule has 0 radical (unpaired) electrons. The first kappa shape index (κ1) is 16.8. The zero-order valence-corrected chi connectivity index (χ0v) is 10.3. The Balaban J connectivity index is 2.85. The first-order valence-corrected chi connectivity index (χ1v) is 6.29. The van der Waals surface area contributed by atoms with Crippen molar-refractivity contribution < 1.29 is 30.4 Å². The zero-order valence-electron chi connectivity index (χ0n) is 10.3. The Morgan fingerprint density at radius 1 is 0.647 bits per heavy atom. The Morgan fingerprint density at radius 3 is 1.71 bits per heavy atom. The second-order valence-electron chi connectivity index (χ2n) is 3.94. The van der Waals surface area contributed by atoms with Crippen LogP contribution in [0.1, 0.15) is 57.8 Å². The van der Waals surface area contributed by atoms with Crippen LogP contribution >= 0.6 is 0 Å². The molecule has 0 aromatic heterocycles. The van der Waals surface area contributed by atoms with Crippen molar-refractivity contribution in [2.24, 2.45) is 0 Å². The van der Waals surface area contributed by atoms with E-state index in [2.05, 4.69) is 20.0 Å². The van der Waals surface area contributed by atoms with E-state index in [-0.39, 0.29) is 0 Å². The van der Waals surface area contributed by atoms with Gasteiger partial charge >= 0.3 is 0 Å². The van der Waals surface area contributed by atoms with Crippen molar-refractivity contribution in [1.82, 2.24) is 0 Å². The molecule has 0 aliphatic rings. The summed E-state index contributed by atoms with van der Waals surface area (Å²) in [6.45, 7) is 0.729. The molecule has 0 saturated heterocycles. The molecule has 0 aromatic rings. The topological polar surface area (TPSA) is 77.4 Å². The minimum absolute atomic E-state index is 0.313. The first-order valence-electron chi connectivity index (χ1n) is 6.29. The lowest BCUT2D eigenvalue weighted by molar-refractivity contribution is -0.702. The quantitative estimate of drug-likeness (QED) is 0.281. The SMILES string of the molecule is OCCCCCCCCCCCOOOOO. The highest BCUT2D eigenvalue weighted by molar-refractivity contribution is 4.46. The van der Waals surface area contributed by atoms with Crippen molar-refractivity contribution in [3.63, 3.8) is 0 Å². The lowest BCUT2D eigenvalue weighted by atomic mass is 10.1. The maximum atomic E-state index is 8.59. The number of hydrogen-bond donors (Lipinski definition) is 2. The van der Waals surface area contributed by atoms with E-state index in [1.54, 1.807) is 0 Å². The van der Waals surface area contributed by atoms with Crippen LogP contribution in [0.15, 0.2) is 0 Å². The molecule has 0 heterocycles. The van der Waals surface area contributed by atoms with Crippen molar-refractivity contribution in [2.45, 2.75) is 57.8 Å². The normalized spacial score (nSPS) is 10.9. The molecule has 0 fully saturated rings. The summed E-state index contributed by atoms with van der Waals surface area (Å²) in [7, 11) is 0. The van der Waals surface area contributed by atoms with Crippen molar-refractivity contribution in [3.05, 3.63) is 0 Å². The summed E-state index contributed by atoms with van der Waals surface area (Å²) in [6, 6.07) is 0. The molecule has 104 valence electrons. The second-order valence-corrected chi connectivity index (χ2v) is 3.94. The average Bonchev–Trinajstić information content (AvgIpc) is 2.35. The maximum Gasteiger partial charge on any atom is 0.0855 e. The minimum Gasteiger partial charge on any atom is -0.396 e. The lowest BCUT2D eigenvalue weighted by Gasteiger charge is -2.02. The van der Waals surface area contributed by atoms with Gasteiger partial charge in [0, 0.05) is 6.61 Å². The summed E-state index contributed by atoms with van der Waals surface area (Å²) in [6.07, 6.45) is 10.2. The summed E-state index contributed by atoms with van der Waals surface area (Å²) in [5.74, 6) is 0. The Morgan fingerprint density at radius 2 is 1.18 bits per heavy atom. The highest BCUT2D eigenvalue weighted by Gasteiger charge is 1.94. The fraction of sp³-hybridized carbons (Fsp3) is 1.00. The highest BCUT2D eigenvalue weighted by Crippen LogP contribution is 2.09. The number of unbranched alkanes of at least 4 members (excludes halogenated alkanes) is 8. The van der Waals surface area contributed by atoms with Crippen molar-refractivity contribution >= 4 is 0 Å². The highest BCUT2D eigenvalue weighted by atomic mass is 17.8. The Kier molecular flexibility index (Phi) is 15.5. The molecular weight excluding hydrogens is 228 g/mol. The number of aliphatic hydroxyl groups excluding tert-OH is 1. The molecule has 0 unspecified atom stereocenters. The van der Waals surface area contributed by atoms with Crippen LogP contribution in [-0.2, 0) is 20.0 Å². The Hall–Kier alpha value is -0.240. The van der Waals surface area contributed by atoms with E-state index < -0.39 is 0 Å². The van der Waals surface area contributed by atoms with Crippen molar-refractivity contribution in [2.75, 3.05) is 13.2 Å². The van der Waals surface area contributed by atoms with Gasteiger partial charge in [0.05, 0.1) is 6.61 Å². The smallest absolute Gasteiger partial charge is 0.0855 e. The second kappa shape index (κ2) is 15.8. The molecule has 0 bridgehead atoms. The average molecular weight is 252 g/mol. The molecular formula is C11H24O6. The van der Waals surface area contributed by atoms with Gasteiger partial charge in [0.15, 0.2) is 0 Å². The summed E-state index contributed by atoms with van der Waals surface area (Å²) < 4.78 is 0. The lowest BCUT2D eigenvalue weighted by Crippen LogP contribution is -1.97. The van der Waals surface area contributed by atoms with E-state index in [1.807, 2.05) is 0 Å². The third-order valence-electron chi connectivity index (χ3n) is 2.49. The van der Waals surface area contributed by atoms with Gasteiger partial charge in [-0.1, -0.05) is 44.9 Å². The van der Waals surface area contributed by atoms with E-state index in [0.717, 1.165) is 25.7 Å². The molecule has 0 aliphatic carbocycles. The van der Waals surface area contributed by atoms with Gasteiger partial charge in [-0.05, 0) is 28.0 Å². The molecule has 0 saturated carbocycles. The number of hydrogen-bond acceptors (Lipinski definition) is 6. The zero-order chi connectivity index (χ0) is 12.6. The van der Waals surface area contributed by atoms with Crippen LogP contribution in [0.4, 0.5) is 0 Å². The van der Waals surface area contributed by atoms with Gasteiger partial charge in [0.1, 0.15) is 0 Å². The molecule has 0 spiro atoms. The predicted molar refractivity (Wildman–Crippen MR) is 60.5 cm³/mol. The van der Waals surface area contributed by atoms with E-state index in [1.165, 1.54) is 32.1 Å². The van der Waals surface area contributed by atoms with Crippen LogP contribution in [0.5, 0.6) is 0 Å². The van der Waals surface area contributed by atoms with Crippen LogP contribution in [-0.4, -0.2) is 23.6 Å². The van der Waals surface area contributed by atoms with E-state index in [4.69, 9.17) is 10.4 Å². The Bertz CT molecular complexity index is 119. The van der Waals surface area contributed by atoms with Gasteiger partial charge < -0.3 is 5.11 Å². The van der Waals surface area contributed by atoms with Crippen LogP contribution in [0, 0.1) is 0 Å². The van der Waals surface area contributed by atoms with Gasteiger partial charge in [0.25, 0.3) is 0 Å². The Labute approximate surface area is 102 Å². The van der Waals surface area contributed by atoms with Gasteiger partial charge in [-0.15, -0.1) is 0 Å². The largest absolute Gasteiger partial charge is 0.396 e. The van der Waals surface area contributed by atoms with Gasteiger partial charge in [-0.2, -0.15) is 0 Å². The summed E-state index contributed by atoms with van der Waals surface area (Å²) in [5, 5.41) is 27.1. The third-order valence-corrected chi connectivity index (χ3v) is 2.49. The fourth-order valence-electron chi connectivity index (χ4n) is 1.58. The summed E-state index contributed by atoms with van der Waals surface area (Å²) in [4.78, 5) is 4.52.